The number of halogens is 1. The fourth-order valence-electron chi connectivity index (χ4n) is 1.34. The highest BCUT2D eigenvalue weighted by atomic mass is 19.1. The number of hydrogen-bond donors (Lipinski definition) is 1. The van der Waals surface area contributed by atoms with Crippen molar-refractivity contribution >= 4 is 5.78 Å². The van der Waals surface area contributed by atoms with E-state index >= 15 is 0 Å². The molecule has 16 heavy (non-hydrogen) atoms. The molecule has 0 fully saturated rings. The second-order valence-corrected chi connectivity index (χ2v) is 3.31. The third-order valence-electron chi connectivity index (χ3n) is 2.13. The van der Waals surface area contributed by atoms with Gasteiger partial charge in [-0.1, -0.05) is 12.1 Å². The maximum absolute atomic E-state index is 13.4. The molecule has 1 heterocycles. The van der Waals surface area contributed by atoms with Crippen LogP contribution in [0.5, 0.6) is 5.88 Å². The topological polar surface area (TPSA) is 55.1 Å². The first-order valence-electron chi connectivity index (χ1n) is 4.64. The normalized spacial score (nSPS) is 10.4. The van der Waals surface area contributed by atoms with E-state index in [1.54, 1.807) is 6.07 Å². The minimum atomic E-state index is -0.518. The third kappa shape index (κ3) is 1.67. The van der Waals surface area contributed by atoms with Crippen molar-refractivity contribution in [2.24, 2.45) is 0 Å². The van der Waals surface area contributed by atoms with Crippen molar-refractivity contribution in [2.45, 2.75) is 6.92 Å². The number of hydrogen-bond acceptors (Lipinski definition) is 3. The van der Waals surface area contributed by atoms with Crippen molar-refractivity contribution in [2.75, 3.05) is 0 Å². The Morgan fingerprint density at radius 3 is 2.69 bits per heavy atom. The summed E-state index contributed by atoms with van der Waals surface area (Å²) in [7, 11) is 0. The minimum Gasteiger partial charge on any atom is -0.493 e. The quantitative estimate of drug-likeness (QED) is 0.786. The molecule has 0 bridgehead atoms. The largest absolute Gasteiger partial charge is 0.493 e. The number of aromatic nitrogens is 2. The van der Waals surface area contributed by atoms with Gasteiger partial charge in [0.25, 0.3) is 0 Å². The Morgan fingerprint density at radius 1 is 1.44 bits per heavy atom. The summed E-state index contributed by atoms with van der Waals surface area (Å²) < 4.78 is 14.4. The molecule has 82 valence electrons. The van der Waals surface area contributed by atoms with Gasteiger partial charge in [0, 0.05) is 13.0 Å². The maximum atomic E-state index is 13.4. The van der Waals surface area contributed by atoms with Gasteiger partial charge in [0.15, 0.2) is 5.78 Å². The van der Waals surface area contributed by atoms with Crippen molar-refractivity contribution in [3.05, 3.63) is 41.8 Å². The van der Waals surface area contributed by atoms with Crippen LogP contribution in [0.1, 0.15) is 17.4 Å². The Balaban J connectivity index is 2.57. The van der Waals surface area contributed by atoms with Crippen LogP contribution in [0.15, 0.2) is 30.3 Å². The molecule has 1 N–H and O–H groups in total. The maximum Gasteiger partial charge on any atom is 0.214 e. The van der Waals surface area contributed by atoms with Crippen molar-refractivity contribution in [3.63, 3.8) is 0 Å². The molecule has 2 rings (SSSR count). The number of Topliss-reactive ketones (excluding diaryl/α,β-unsaturated/α-hetero) is 1. The molecule has 5 heteroatoms. The lowest BCUT2D eigenvalue weighted by Gasteiger charge is -2.03. The standard InChI is InChI=1S/C11H9FN2O2/c1-7(15)9-6-11(16)14(13-9)10-5-3-2-4-8(10)12/h2-6,16H,1H3. The molecule has 0 amide bonds. The van der Waals surface area contributed by atoms with Crippen molar-refractivity contribution < 1.29 is 14.3 Å². The highest BCUT2D eigenvalue weighted by Crippen LogP contribution is 2.20. The second kappa shape index (κ2) is 3.77. The smallest absolute Gasteiger partial charge is 0.214 e. The summed E-state index contributed by atoms with van der Waals surface area (Å²) in [5, 5.41) is 13.4. The van der Waals surface area contributed by atoms with Gasteiger partial charge in [-0.25, -0.2) is 4.39 Å². The summed E-state index contributed by atoms with van der Waals surface area (Å²) in [6, 6.07) is 7.07. The van der Waals surface area contributed by atoms with E-state index in [1.165, 1.54) is 31.2 Å². The van der Waals surface area contributed by atoms with Gasteiger partial charge in [0.05, 0.1) is 0 Å². The van der Waals surface area contributed by atoms with E-state index in [0.29, 0.717) is 0 Å². The van der Waals surface area contributed by atoms with Gasteiger partial charge in [-0.15, -0.1) is 0 Å². The van der Waals surface area contributed by atoms with Gasteiger partial charge in [-0.2, -0.15) is 9.78 Å². The predicted octanol–water partition coefficient (Wildman–Crippen LogP) is 1.92. The lowest BCUT2D eigenvalue weighted by atomic mass is 10.3. The predicted molar refractivity (Wildman–Crippen MR) is 55.2 cm³/mol. The Hall–Kier alpha value is -2.17. The molecule has 4 nitrogen and oxygen atoms in total. The number of nitrogens with zero attached hydrogens (tertiary/aromatic N) is 2. The van der Waals surface area contributed by atoms with E-state index in [0.717, 1.165) is 4.68 Å². The van der Waals surface area contributed by atoms with Gasteiger partial charge in [-0.05, 0) is 12.1 Å². The second-order valence-electron chi connectivity index (χ2n) is 3.31. The lowest BCUT2D eigenvalue weighted by Crippen LogP contribution is -2.01. The summed E-state index contributed by atoms with van der Waals surface area (Å²) in [6.45, 7) is 1.33. The monoisotopic (exact) mass is 220 g/mol. The van der Waals surface area contributed by atoms with Crippen LogP contribution in [0.3, 0.4) is 0 Å². The highest BCUT2D eigenvalue weighted by Gasteiger charge is 2.13. The lowest BCUT2D eigenvalue weighted by molar-refractivity contribution is 0.101. The van der Waals surface area contributed by atoms with Crippen LogP contribution in [0.4, 0.5) is 4.39 Å². The summed E-state index contributed by atoms with van der Waals surface area (Å²) in [5.41, 5.74) is 0.202. The molecular formula is C11H9FN2O2. The van der Waals surface area contributed by atoms with E-state index in [1.807, 2.05) is 0 Å². The Morgan fingerprint density at radius 2 is 2.12 bits per heavy atom. The number of carbonyl (C=O) groups excluding carboxylic acids is 1. The van der Waals surface area contributed by atoms with Crippen LogP contribution in [-0.4, -0.2) is 20.7 Å². The van der Waals surface area contributed by atoms with Gasteiger partial charge < -0.3 is 5.11 Å². The molecule has 1 aromatic heterocycles. The average molecular weight is 220 g/mol. The molecule has 0 aliphatic heterocycles. The van der Waals surface area contributed by atoms with Crippen LogP contribution in [-0.2, 0) is 0 Å². The molecule has 0 saturated carbocycles. The fraction of sp³-hybridized carbons (Fsp3) is 0.0909. The molecule has 0 unspecified atom stereocenters. The van der Waals surface area contributed by atoms with E-state index in [9.17, 15) is 14.3 Å². The number of para-hydroxylation sites is 1. The van der Waals surface area contributed by atoms with Crippen molar-refractivity contribution in [3.8, 4) is 11.6 Å². The SMILES string of the molecule is CC(=O)c1cc(O)n(-c2ccccc2F)n1. The fourth-order valence-corrected chi connectivity index (χ4v) is 1.34. The van der Waals surface area contributed by atoms with Crippen molar-refractivity contribution in [1.29, 1.82) is 0 Å². The molecule has 0 radical (unpaired) electrons. The van der Waals surface area contributed by atoms with Gasteiger partial charge in [0.2, 0.25) is 5.88 Å². The molecule has 1 aromatic carbocycles. The zero-order chi connectivity index (χ0) is 11.7. The van der Waals surface area contributed by atoms with E-state index in [4.69, 9.17) is 0 Å². The van der Waals surface area contributed by atoms with Crippen LogP contribution in [0, 0.1) is 5.82 Å². The number of aromatic hydroxyl groups is 1. The van der Waals surface area contributed by atoms with E-state index < -0.39 is 5.82 Å². The number of ketones is 1. The summed E-state index contributed by atoms with van der Waals surface area (Å²) >= 11 is 0. The van der Waals surface area contributed by atoms with Crippen LogP contribution in [0.25, 0.3) is 5.69 Å². The average Bonchev–Trinajstić information content (AvgIpc) is 2.61. The zero-order valence-electron chi connectivity index (χ0n) is 8.51. The molecular weight excluding hydrogens is 211 g/mol. The Bertz CT molecular complexity index is 549. The van der Waals surface area contributed by atoms with E-state index in [2.05, 4.69) is 5.10 Å². The minimum absolute atomic E-state index is 0.0979. The van der Waals surface area contributed by atoms with Crippen LogP contribution >= 0.6 is 0 Å². The van der Waals surface area contributed by atoms with Gasteiger partial charge in [0.1, 0.15) is 17.2 Å². The molecule has 0 atom stereocenters. The van der Waals surface area contributed by atoms with E-state index in [-0.39, 0.29) is 23.0 Å². The molecule has 0 spiro atoms. The van der Waals surface area contributed by atoms with Crippen molar-refractivity contribution in [1.82, 2.24) is 9.78 Å². The van der Waals surface area contributed by atoms with Gasteiger partial charge >= 0.3 is 0 Å². The molecule has 0 saturated heterocycles. The van der Waals surface area contributed by atoms with Crippen LogP contribution < -0.4 is 0 Å². The highest BCUT2D eigenvalue weighted by molar-refractivity contribution is 5.92. The Kier molecular flexibility index (Phi) is 2.44. The molecule has 0 aliphatic carbocycles. The number of rotatable bonds is 2. The third-order valence-corrected chi connectivity index (χ3v) is 2.13. The first kappa shape index (κ1) is 10.4. The summed E-state index contributed by atoms with van der Waals surface area (Å²) in [4.78, 5) is 11.0. The zero-order valence-corrected chi connectivity index (χ0v) is 8.51. The number of benzene rings is 1. The van der Waals surface area contributed by atoms with Gasteiger partial charge in [-0.3, -0.25) is 4.79 Å². The first-order chi connectivity index (χ1) is 7.59. The summed E-state index contributed by atoms with van der Waals surface area (Å²) in [6.07, 6.45) is 0. The first-order valence-corrected chi connectivity index (χ1v) is 4.64. The van der Waals surface area contributed by atoms with Crippen LogP contribution in [0.2, 0.25) is 0 Å². The summed E-state index contributed by atoms with van der Waals surface area (Å²) in [5.74, 6) is -1.07. The number of carbonyl (C=O) groups is 1. The molecule has 2 aromatic rings. The molecule has 0 aliphatic rings. The Labute approximate surface area is 90.9 Å².